The van der Waals surface area contributed by atoms with Gasteiger partial charge in [-0.2, -0.15) is 0 Å². The lowest BCUT2D eigenvalue weighted by molar-refractivity contribution is -0.246. The summed E-state index contributed by atoms with van der Waals surface area (Å²) in [6.07, 6.45) is -3.67. The van der Waals surface area contributed by atoms with Gasteiger partial charge in [-0.3, -0.25) is 0 Å². The molecule has 1 aliphatic rings. The summed E-state index contributed by atoms with van der Waals surface area (Å²) < 4.78 is 10.0. The molecule has 118 valence electrons. The van der Waals surface area contributed by atoms with E-state index in [9.17, 15) is 20.1 Å². The maximum absolute atomic E-state index is 12.1. The number of aliphatic hydroxyl groups is 4. The monoisotopic (exact) mass is 309 g/mol. The molecule has 1 fully saturated rings. The van der Waals surface area contributed by atoms with Crippen LogP contribution in [0.3, 0.4) is 0 Å². The predicted octanol–water partition coefficient (Wildman–Crippen LogP) is -1.13. The van der Waals surface area contributed by atoms with Crippen molar-refractivity contribution in [2.45, 2.75) is 24.1 Å². The highest BCUT2D eigenvalue weighted by molar-refractivity contribution is 5.89. The van der Waals surface area contributed by atoms with Gasteiger partial charge in [-0.25, -0.2) is 4.79 Å². The Balaban J connectivity index is 1.80. The largest absolute Gasteiger partial charge is 0.422 e. The van der Waals surface area contributed by atoms with Crippen molar-refractivity contribution in [2.75, 3.05) is 6.61 Å². The molecule has 1 aliphatic heterocycles. The Morgan fingerprint density at radius 1 is 1.36 bits per heavy atom. The van der Waals surface area contributed by atoms with E-state index in [1.54, 1.807) is 18.2 Å². The molecular formula is C14H15NO7. The summed E-state index contributed by atoms with van der Waals surface area (Å²) in [5.74, 6) is -3.16. The topological polar surface area (TPSA) is 132 Å². The zero-order chi connectivity index (χ0) is 15.9. The van der Waals surface area contributed by atoms with Crippen LogP contribution < -0.4 is 4.74 Å². The van der Waals surface area contributed by atoms with E-state index >= 15 is 0 Å². The maximum Gasteiger partial charge on any atom is 0.343 e. The molecular weight excluding hydrogens is 294 g/mol. The Hall–Kier alpha value is -1.97. The van der Waals surface area contributed by atoms with Gasteiger partial charge in [0.05, 0.1) is 6.61 Å². The second kappa shape index (κ2) is 5.34. The highest BCUT2D eigenvalue weighted by Crippen LogP contribution is 2.31. The SMILES string of the molecule is O=C(Oc1c[nH]c2ccccc12)[C@H]1O[C@@](O)(CO)[C@@H](O)[C@@H]1O. The molecule has 0 saturated carbocycles. The van der Waals surface area contributed by atoms with Crippen molar-refractivity contribution >= 4 is 16.9 Å². The van der Waals surface area contributed by atoms with E-state index < -0.39 is 36.7 Å². The number of H-pyrrole nitrogens is 1. The molecule has 8 heteroatoms. The van der Waals surface area contributed by atoms with Gasteiger partial charge in [-0.05, 0) is 12.1 Å². The van der Waals surface area contributed by atoms with E-state index in [4.69, 9.17) is 14.6 Å². The number of aliphatic hydroxyl groups excluding tert-OH is 3. The lowest BCUT2D eigenvalue weighted by Gasteiger charge is -2.22. The van der Waals surface area contributed by atoms with Gasteiger partial charge in [-0.15, -0.1) is 0 Å². The number of carbonyl (C=O) groups is 1. The number of nitrogens with one attached hydrogen (secondary N) is 1. The number of aromatic nitrogens is 1. The Bertz CT molecular complexity index is 699. The molecule has 1 saturated heterocycles. The van der Waals surface area contributed by atoms with Gasteiger partial charge >= 0.3 is 5.97 Å². The van der Waals surface area contributed by atoms with E-state index in [1.807, 2.05) is 6.07 Å². The van der Waals surface area contributed by atoms with E-state index in [0.29, 0.717) is 5.39 Å². The highest BCUT2D eigenvalue weighted by Gasteiger charge is 2.56. The average Bonchev–Trinajstić information content (AvgIpc) is 3.03. The normalized spacial score (nSPS) is 31.5. The zero-order valence-electron chi connectivity index (χ0n) is 11.3. The van der Waals surface area contributed by atoms with Crippen LogP contribution in [-0.2, 0) is 9.53 Å². The van der Waals surface area contributed by atoms with Crippen LogP contribution in [0.5, 0.6) is 5.75 Å². The summed E-state index contributed by atoms with van der Waals surface area (Å²) in [7, 11) is 0. The van der Waals surface area contributed by atoms with Crippen molar-refractivity contribution in [1.29, 1.82) is 0 Å². The number of fused-ring (bicyclic) bond motifs is 1. The number of benzene rings is 1. The molecule has 1 aromatic carbocycles. The van der Waals surface area contributed by atoms with Gasteiger partial charge in [0, 0.05) is 17.1 Å². The van der Waals surface area contributed by atoms with E-state index in [2.05, 4.69) is 4.98 Å². The molecule has 1 aromatic heterocycles. The molecule has 0 aliphatic carbocycles. The standard InChI is InChI=1S/C14H15NO7/c16-6-14(20)12(18)10(17)11(22-14)13(19)21-9-5-15-8-4-2-1-3-7(8)9/h1-5,10-12,15-18,20H,6H2/t10-,11+,12+,14+/m1/s1. The molecule has 2 aromatic rings. The quantitative estimate of drug-likeness (QED) is 0.453. The summed E-state index contributed by atoms with van der Waals surface area (Å²) >= 11 is 0. The number of aromatic amines is 1. The van der Waals surface area contributed by atoms with Crippen LogP contribution in [0.1, 0.15) is 0 Å². The van der Waals surface area contributed by atoms with Crippen molar-refractivity contribution in [2.24, 2.45) is 0 Å². The molecule has 0 spiro atoms. The summed E-state index contributed by atoms with van der Waals surface area (Å²) in [5.41, 5.74) is 0.755. The molecule has 0 unspecified atom stereocenters. The number of carbonyl (C=O) groups excluding carboxylic acids is 1. The van der Waals surface area contributed by atoms with Crippen molar-refractivity contribution in [1.82, 2.24) is 4.98 Å². The summed E-state index contributed by atoms with van der Waals surface area (Å²) in [6, 6.07) is 7.11. The number of hydrogen-bond acceptors (Lipinski definition) is 7. The first-order valence-electron chi connectivity index (χ1n) is 6.61. The first kappa shape index (κ1) is 14.9. The van der Waals surface area contributed by atoms with Crippen LogP contribution in [0.2, 0.25) is 0 Å². The van der Waals surface area contributed by atoms with Gasteiger partial charge in [0.1, 0.15) is 12.2 Å². The molecule has 22 heavy (non-hydrogen) atoms. The lowest BCUT2D eigenvalue weighted by Crippen LogP contribution is -2.46. The average molecular weight is 309 g/mol. The first-order chi connectivity index (χ1) is 10.5. The third-order valence-electron chi connectivity index (χ3n) is 3.65. The second-order valence-electron chi connectivity index (χ2n) is 5.10. The zero-order valence-corrected chi connectivity index (χ0v) is 11.3. The molecule has 0 bridgehead atoms. The summed E-state index contributed by atoms with van der Waals surface area (Å²) in [4.78, 5) is 15.0. The molecule has 8 nitrogen and oxygen atoms in total. The highest BCUT2D eigenvalue weighted by atomic mass is 16.7. The van der Waals surface area contributed by atoms with E-state index in [-0.39, 0.29) is 5.75 Å². The fraction of sp³-hybridized carbons (Fsp3) is 0.357. The van der Waals surface area contributed by atoms with Crippen molar-refractivity contribution < 1.29 is 34.7 Å². The lowest BCUT2D eigenvalue weighted by atomic mass is 10.1. The van der Waals surface area contributed by atoms with Crippen LogP contribution in [0.25, 0.3) is 10.9 Å². The van der Waals surface area contributed by atoms with Crippen LogP contribution in [-0.4, -0.2) is 62.1 Å². The number of para-hydroxylation sites is 1. The third kappa shape index (κ3) is 2.27. The molecule has 0 amide bonds. The Labute approximate surface area is 124 Å². The number of hydrogen-bond donors (Lipinski definition) is 5. The van der Waals surface area contributed by atoms with Gasteiger partial charge in [0.2, 0.25) is 5.79 Å². The molecule has 5 N–H and O–H groups in total. The van der Waals surface area contributed by atoms with Crippen molar-refractivity contribution in [3.05, 3.63) is 30.5 Å². The molecule has 3 rings (SSSR count). The first-order valence-corrected chi connectivity index (χ1v) is 6.61. The van der Waals surface area contributed by atoms with Crippen molar-refractivity contribution in [3.8, 4) is 5.75 Å². The van der Waals surface area contributed by atoms with Gasteiger partial charge in [-0.1, -0.05) is 12.1 Å². The van der Waals surface area contributed by atoms with Crippen molar-refractivity contribution in [3.63, 3.8) is 0 Å². The molecule has 0 radical (unpaired) electrons. The Morgan fingerprint density at radius 2 is 2.09 bits per heavy atom. The third-order valence-corrected chi connectivity index (χ3v) is 3.65. The van der Waals surface area contributed by atoms with Gasteiger partial charge in [0.15, 0.2) is 11.9 Å². The maximum atomic E-state index is 12.1. The van der Waals surface area contributed by atoms with Gasteiger partial charge < -0.3 is 34.9 Å². The minimum Gasteiger partial charge on any atom is -0.422 e. The van der Waals surface area contributed by atoms with Crippen LogP contribution in [0.15, 0.2) is 30.5 Å². The minimum atomic E-state index is -2.40. The predicted molar refractivity (Wildman–Crippen MR) is 72.9 cm³/mol. The van der Waals surface area contributed by atoms with Crippen LogP contribution in [0, 0.1) is 0 Å². The summed E-state index contributed by atoms with van der Waals surface area (Å²) in [5, 5.41) is 38.8. The number of esters is 1. The summed E-state index contributed by atoms with van der Waals surface area (Å²) in [6.45, 7) is -0.970. The second-order valence-corrected chi connectivity index (χ2v) is 5.10. The fourth-order valence-electron chi connectivity index (χ4n) is 2.41. The molecule has 4 atom stereocenters. The number of ether oxygens (including phenoxy) is 2. The van der Waals surface area contributed by atoms with Crippen LogP contribution in [0.4, 0.5) is 0 Å². The Morgan fingerprint density at radius 3 is 2.77 bits per heavy atom. The fourth-order valence-corrected chi connectivity index (χ4v) is 2.41. The van der Waals surface area contributed by atoms with Gasteiger partial charge in [0.25, 0.3) is 0 Å². The Kier molecular flexibility index (Phi) is 3.63. The van der Waals surface area contributed by atoms with E-state index in [1.165, 1.54) is 6.20 Å². The molecule has 2 heterocycles. The minimum absolute atomic E-state index is 0.227. The van der Waals surface area contributed by atoms with E-state index in [0.717, 1.165) is 5.52 Å². The number of rotatable bonds is 3. The smallest absolute Gasteiger partial charge is 0.343 e. The van der Waals surface area contributed by atoms with Crippen LogP contribution >= 0.6 is 0 Å².